The summed E-state index contributed by atoms with van der Waals surface area (Å²) in [6.45, 7) is 0.754. The van der Waals surface area contributed by atoms with E-state index in [1.165, 1.54) is 24.3 Å². The van der Waals surface area contributed by atoms with Crippen molar-refractivity contribution in [3.05, 3.63) is 78.9 Å². The number of nitrogens with one attached hydrogen (secondary N) is 1. The molecule has 0 bridgehead atoms. The minimum atomic E-state index is -2.89. The van der Waals surface area contributed by atoms with Crippen molar-refractivity contribution >= 4 is 28.3 Å². The number of urea groups is 1. The van der Waals surface area contributed by atoms with Crippen molar-refractivity contribution in [2.45, 2.75) is 19.6 Å². The van der Waals surface area contributed by atoms with Crippen LogP contribution in [0.3, 0.4) is 0 Å². The highest BCUT2D eigenvalue weighted by Gasteiger charge is 2.29. The Hall–Kier alpha value is -4.27. The molecular weight excluding hydrogens is 464 g/mol. The smallest absolute Gasteiger partial charge is 0.387 e. The second-order valence-electron chi connectivity index (χ2n) is 8.61. The lowest BCUT2D eigenvalue weighted by atomic mass is 10.0. The zero-order valence-electron chi connectivity index (χ0n) is 19.6. The molecule has 1 aromatic heterocycles. The van der Waals surface area contributed by atoms with Crippen LogP contribution in [0.2, 0.25) is 0 Å². The number of benzene rings is 3. The van der Waals surface area contributed by atoms with Gasteiger partial charge >= 0.3 is 12.6 Å². The van der Waals surface area contributed by atoms with Crippen LogP contribution in [-0.4, -0.2) is 53.4 Å². The standard InChI is InChI=1S/C27H25F2N5O2/c1-18-17-33(27(35)30-20-11-13-21(14-12-20)36-26(28)29)15-16-34(18)25-23-10-6-5-9-22(23)24(31-32-25)19-7-3-2-4-8-19/h2-14,18,26H,15-17H2,1H3,(H,30,35). The first-order chi connectivity index (χ1) is 17.5. The minimum absolute atomic E-state index is 0.00611. The predicted molar refractivity (Wildman–Crippen MR) is 135 cm³/mol. The van der Waals surface area contributed by atoms with Gasteiger partial charge in [0.2, 0.25) is 0 Å². The third-order valence-electron chi connectivity index (χ3n) is 6.23. The molecule has 1 saturated heterocycles. The molecule has 9 heteroatoms. The van der Waals surface area contributed by atoms with Crippen molar-refractivity contribution in [2.75, 3.05) is 29.9 Å². The number of amides is 2. The van der Waals surface area contributed by atoms with Crippen LogP contribution in [0.4, 0.5) is 25.1 Å². The molecule has 184 valence electrons. The average molecular weight is 490 g/mol. The van der Waals surface area contributed by atoms with E-state index in [4.69, 9.17) is 0 Å². The van der Waals surface area contributed by atoms with Crippen LogP contribution in [0, 0.1) is 0 Å². The fourth-order valence-electron chi connectivity index (χ4n) is 4.49. The van der Waals surface area contributed by atoms with Crippen molar-refractivity contribution in [3.8, 4) is 17.0 Å². The zero-order valence-corrected chi connectivity index (χ0v) is 19.6. The lowest BCUT2D eigenvalue weighted by molar-refractivity contribution is -0.0498. The van der Waals surface area contributed by atoms with Crippen molar-refractivity contribution in [2.24, 2.45) is 0 Å². The molecule has 0 aliphatic carbocycles. The fourth-order valence-corrected chi connectivity index (χ4v) is 4.49. The van der Waals surface area contributed by atoms with Crippen molar-refractivity contribution < 1.29 is 18.3 Å². The lowest BCUT2D eigenvalue weighted by Crippen LogP contribution is -2.55. The van der Waals surface area contributed by atoms with E-state index >= 15 is 0 Å². The number of ether oxygens (including phenoxy) is 1. The Morgan fingerprint density at radius 2 is 1.64 bits per heavy atom. The summed E-state index contributed by atoms with van der Waals surface area (Å²) >= 11 is 0. The first kappa shape index (κ1) is 23.5. The van der Waals surface area contributed by atoms with Crippen molar-refractivity contribution in [1.29, 1.82) is 0 Å². The number of carbonyl (C=O) groups excluding carboxylic acids is 1. The van der Waals surface area contributed by atoms with Crippen LogP contribution in [0.1, 0.15) is 6.92 Å². The van der Waals surface area contributed by atoms with Crippen LogP contribution in [0.15, 0.2) is 78.9 Å². The molecular formula is C27H25F2N5O2. The van der Waals surface area contributed by atoms with Gasteiger partial charge in [-0.25, -0.2) is 4.79 Å². The first-order valence-electron chi connectivity index (χ1n) is 11.7. The molecule has 0 spiro atoms. The summed E-state index contributed by atoms with van der Waals surface area (Å²) in [5, 5.41) is 14.1. The molecule has 7 nitrogen and oxygen atoms in total. The second-order valence-corrected chi connectivity index (χ2v) is 8.61. The number of nitrogens with zero attached hydrogens (tertiary/aromatic N) is 4. The van der Waals surface area contributed by atoms with Crippen LogP contribution in [-0.2, 0) is 0 Å². The highest BCUT2D eigenvalue weighted by Crippen LogP contribution is 2.32. The Labute approximate surface area is 207 Å². The number of fused-ring (bicyclic) bond motifs is 1. The van der Waals surface area contributed by atoms with E-state index in [-0.39, 0.29) is 17.8 Å². The predicted octanol–water partition coefficient (Wildman–Crippen LogP) is 5.64. The number of carbonyl (C=O) groups is 1. The van der Waals surface area contributed by atoms with Gasteiger partial charge in [-0.05, 0) is 31.2 Å². The van der Waals surface area contributed by atoms with Gasteiger partial charge in [0, 0.05) is 47.7 Å². The normalized spacial score (nSPS) is 15.8. The summed E-state index contributed by atoms with van der Waals surface area (Å²) < 4.78 is 29.0. The maximum absolute atomic E-state index is 12.8. The number of piperazine rings is 1. The molecule has 5 rings (SSSR count). The lowest BCUT2D eigenvalue weighted by Gasteiger charge is -2.40. The summed E-state index contributed by atoms with van der Waals surface area (Å²) in [4.78, 5) is 16.8. The summed E-state index contributed by atoms with van der Waals surface area (Å²) in [5.41, 5.74) is 2.35. The molecule has 1 unspecified atom stereocenters. The largest absolute Gasteiger partial charge is 0.435 e. The molecule has 0 radical (unpaired) electrons. The number of hydrogen-bond acceptors (Lipinski definition) is 5. The van der Waals surface area contributed by atoms with E-state index < -0.39 is 6.61 Å². The van der Waals surface area contributed by atoms with Crippen molar-refractivity contribution in [3.63, 3.8) is 0 Å². The van der Waals surface area contributed by atoms with E-state index in [0.717, 1.165) is 27.8 Å². The van der Waals surface area contributed by atoms with Gasteiger partial charge in [0.1, 0.15) is 11.4 Å². The monoisotopic (exact) mass is 489 g/mol. The maximum atomic E-state index is 12.8. The molecule has 3 aromatic carbocycles. The third kappa shape index (κ3) is 4.91. The van der Waals surface area contributed by atoms with Gasteiger partial charge in [-0.2, -0.15) is 8.78 Å². The van der Waals surface area contributed by atoms with E-state index in [1.54, 1.807) is 4.90 Å². The number of rotatable bonds is 5. The number of hydrogen-bond donors (Lipinski definition) is 1. The number of anilines is 2. The molecule has 2 amide bonds. The van der Waals surface area contributed by atoms with E-state index in [2.05, 4.69) is 44.2 Å². The number of halogens is 2. The third-order valence-corrected chi connectivity index (χ3v) is 6.23. The molecule has 1 fully saturated rings. The topological polar surface area (TPSA) is 70.6 Å². The van der Waals surface area contributed by atoms with Crippen LogP contribution < -0.4 is 15.0 Å². The fraction of sp³-hybridized carbons (Fsp3) is 0.222. The van der Waals surface area contributed by atoms with E-state index in [0.29, 0.717) is 25.3 Å². The zero-order chi connectivity index (χ0) is 25.1. The van der Waals surface area contributed by atoms with Gasteiger partial charge in [-0.15, -0.1) is 10.2 Å². The number of aromatic nitrogens is 2. The summed E-state index contributed by atoms with van der Waals surface area (Å²) in [5.74, 6) is 0.837. The van der Waals surface area contributed by atoms with Gasteiger partial charge in [-0.3, -0.25) is 0 Å². The average Bonchev–Trinajstić information content (AvgIpc) is 2.89. The van der Waals surface area contributed by atoms with Gasteiger partial charge in [-0.1, -0.05) is 54.6 Å². The Morgan fingerprint density at radius 3 is 2.33 bits per heavy atom. The van der Waals surface area contributed by atoms with E-state index in [1.807, 2.05) is 42.5 Å². The molecule has 1 aliphatic heterocycles. The summed E-state index contributed by atoms with van der Waals surface area (Å²) in [6, 6.07) is 23.7. The number of alkyl halides is 2. The summed E-state index contributed by atoms with van der Waals surface area (Å²) in [7, 11) is 0. The Balaban J connectivity index is 1.30. The van der Waals surface area contributed by atoms with Crippen molar-refractivity contribution in [1.82, 2.24) is 15.1 Å². The van der Waals surface area contributed by atoms with Crippen LogP contribution in [0.5, 0.6) is 5.75 Å². The summed E-state index contributed by atoms with van der Waals surface area (Å²) in [6.07, 6.45) is 0. The molecule has 4 aromatic rings. The van der Waals surface area contributed by atoms with Gasteiger partial charge in [0.25, 0.3) is 0 Å². The molecule has 1 N–H and O–H groups in total. The Morgan fingerprint density at radius 1 is 0.944 bits per heavy atom. The SMILES string of the molecule is CC1CN(C(=O)Nc2ccc(OC(F)F)cc2)CCN1c1nnc(-c2ccccc2)c2ccccc12. The Bertz CT molecular complexity index is 1350. The van der Waals surface area contributed by atoms with Gasteiger partial charge in [0.05, 0.1) is 0 Å². The first-order valence-corrected chi connectivity index (χ1v) is 11.7. The molecule has 36 heavy (non-hydrogen) atoms. The minimum Gasteiger partial charge on any atom is -0.435 e. The molecule has 0 saturated carbocycles. The molecule has 1 aliphatic rings. The van der Waals surface area contributed by atoms with Crippen LogP contribution in [0.25, 0.3) is 22.0 Å². The quantitative estimate of drug-likeness (QED) is 0.393. The van der Waals surface area contributed by atoms with E-state index in [9.17, 15) is 13.6 Å². The Kier molecular flexibility index (Phi) is 6.62. The molecule has 2 heterocycles. The molecule has 1 atom stereocenters. The maximum Gasteiger partial charge on any atom is 0.387 e. The van der Waals surface area contributed by atoms with Crippen LogP contribution >= 0.6 is 0 Å². The second kappa shape index (κ2) is 10.2. The highest BCUT2D eigenvalue weighted by molar-refractivity contribution is 6.00. The van der Waals surface area contributed by atoms with Gasteiger partial charge < -0.3 is 19.9 Å². The highest BCUT2D eigenvalue weighted by atomic mass is 19.3. The van der Waals surface area contributed by atoms with Gasteiger partial charge in [0.15, 0.2) is 5.82 Å².